The second-order valence-corrected chi connectivity index (χ2v) is 3.50. The van der Waals surface area contributed by atoms with Gasteiger partial charge in [-0.25, -0.2) is 0 Å². The van der Waals surface area contributed by atoms with Gasteiger partial charge in [0.1, 0.15) is 11.5 Å². The van der Waals surface area contributed by atoms with Gasteiger partial charge in [0.05, 0.1) is 5.56 Å². The lowest BCUT2D eigenvalue weighted by Gasteiger charge is -2.07. The number of aromatic hydroxyl groups is 2. The summed E-state index contributed by atoms with van der Waals surface area (Å²) in [6, 6.07) is 8.75. The second kappa shape index (κ2) is 4.57. The largest absolute Gasteiger partial charge is 0.507 e. The van der Waals surface area contributed by atoms with Crippen molar-refractivity contribution in [2.75, 3.05) is 0 Å². The number of phenolic OH excluding ortho intramolecular Hbond substituents is 2. The molecule has 2 aromatic carbocycles. The fraction of sp³-hybridized carbons (Fsp3) is 0. The van der Waals surface area contributed by atoms with Gasteiger partial charge in [-0.1, -0.05) is 24.3 Å². The van der Waals surface area contributed by atoms with E-state index in [0.717, 1.165) is 5.39 Å². The molecule has 86 valence electrons. The minimum Gasteiger partial charge on any atom is -0.507 e. The number of hydrogen-bond donors (Lipinski definition) is 3. The Kier molecular flexibility index (Phi) is 2.96. The van der Waals surface area contributed by atoms with E-state index in [0.29, 0.717) is 11.8 Å². The van der Waals surface area contributed by atoms with E-state index in [-0.39, 0.29) is 17.1 Å². The van der Waals surface area contributed by atoms with Crippen molar-refractivity contribution < 1.29 is 15.0 Å². The zero-order valence-corrected chi connectivity index (χ0v) is 8.92. The molecule has 0 bridgehead atoms. The van der Waals surface area contributed by atoms with Gasteiger partial charge < -0.3 is 15.5 Å². The van der Waals surface area contributed by atoms with E-state index in [4.69, 9.17) is 0 Å². The molecule has 17 heavy (non-hydrogen) atoms. The maximum atomic E-state index is 10.1. The van der Waals surface area contributed by atoms with E-state index in [1.54, 1.807) is 24.3 Å². The summed E-state index contributed by atoms with van der Waals surface area (Å²) >= 11 is 0. The molecule has 0 unspecified atom stereocenters. The van der Waals surface area contributed by atoms with E-state index in [1.165, 1.54) is 12.3 Å². The van der Waals surface area contributed by atoms with Crippen LogP contribution < -0.4 is 5.32 Å². The third-order valence-corrected chi connectivity index (χ3v) is 2.45. The summed E-state index contributed by atoms with van der Waals surface area (Å²) in [5.74, 6) is -0.0466. The Morgan fingerprint density at radius 2 is 1.94 bits per heavy atom. The monoisotopic (exact) mass is 229 g/mol. The van der Waals surface area contributed by atoms with Crippen LogP contribution in [0.2, 0.25) is 0 Å². The smallest absolute Gasteiger partial charge is 0.211 e. The molecule has 0 aromatic heterocycles. The van der Waals surface area contributed by atoms with Crippen molar-refractivity contribution in [1.82, 2.24) is 5.32 Å². The lowest BCUT2D eigenvalue weighted by atomic mass is 10.0. The highest BCUT2D eigenvalue weighted by atomic mass is 16.3. The van der Waals surface area contributed by atoms with Crippen LogP contribution in [0, 0.1) is 0 Å². The van der Waals surface area contributed by atoms with Crippen LogP contribution in [0.25, 0.3) is 16.8 Å². The van der Waals surface area contributed by atoms with Crippen molar-refractivity contribution in [3.63, 3.8) is 0 Å². The topological polar surface area (TPSA) is 69.6 Å². The van der Waals surface area contributed by atoms with Crippen LogP contribution in [-0.4, -0.2) is 16.6 Å². The Hall–Kier alpha value is -2.49. The third kappa shape index (κ3) is 2.06. The molecule has 2 aromatic rings. The quantitative estimate of drug-likeness (QED) is 0.705. The van der Waals surface area contributed by atoms with Crippen LogP contribution in [0.1, 0.15) is 5.56 Å². The highest BCUT2D eigenvalue weighted by molar-refractivity contribution is 5.93. The molecule has 4 nitrogen and oxygen atoms in total. The third-order valence-electron chi connectivity index (χ3n) is 2.45. The van der Waals surface area contributed by atoms with Crippen molar-refractivity contribution in [1.29, 1.82) is 0 Å². The van der Waals surface area contributed by atoms with Crippen LogP contribution in [0.3, 0.4) is 0 Å². The first kappa shape index (κ1) is 11.0. The van der Waals surface area contributed by atoms with Crippen LogP contribution in [0.5, 0.6) is 11.5 Å². The Balaban J connectivity index is 2.59. The summed E-state index contributed by atoms with van der Waals surface area (Å²) in [5.41, 5.74) is 0.276. The average Bonchev–Trinajstić information content (AvgIpc) is 2.33. The van der Waals surface area contributed by atoms with Gasteiger partial charge in [-0.15, -0.1) is 0 Å². The maximum Gasteiger partial charge on any atom is 0.211 e. The van der Waals surface area contributed by atoms with Gasteiger partial charge >= 0.3 is 0 Å². The molecule has 0 saturated heterocycles. The maximum absolute atomic E-state index is 10.1. The first-order valence-electron chi connectivity index (χ1n) is 5.04. The zero-order valence-electron chi connectivity index (χ0n) is 8.92. The van der Waals surface area contributed by atoms with E-state index in [2.05, 4.69) is 5.32 Å². The van der Waals surface area contributed by atoms with Gasteiger partial charge in [0.2, 0.25) is 6.41 Å². The number of hydrogen-bond acceptors (Lipinski definition) is 3. The molecule has 1 amide bonds. The minimum absolute atomic E-state index is 0.00968. The summed E-state index contributed by atoms with van der Waals surface area (Å²) in [6.07, 6.45) is 3.29. The summed E-state index contributed by atoms with van der Waals surface area (Å²) in [7, 11) is 0. The van der Waals surface area contributed by atoms with E-state index >= 15 is 0 Å². The van der Waals surface area contributed by atoms with E-state index in [9.17, 15) is 15.0 Å². The van der Waals surface area contributed by atoms with Crippen LogP contribution in [0.15, 0.2) is 36.5 Å². The number of benzene rings is 2. The number of fused-ring (bicyclic) bond motifs is 1. The van der Waals surface area contributed by atoms with E-state index in [1.807, 2.05) is 6.07 Å². The fourth-order valence-electron chi connectivity index (χ4n) is 1.67. The Morgan fingerprint density at radius 3 is 2.71 bits per heavy atom. The van der Waals surface area contributed by atoms with Gasteiger partial charge in [-0.05, 0) is 17.5 Å². The molecule has 0 radical (unpaired) electrons. The number of phenols is 2. The van der Waals surface area contributed by atoms with Crippen LogP contribution >= 0.6 is 0 Å². The summed E-state index contributed by atoms with van der Waals surface area (Å²) < 4.78 is 0. The molecule has 0 saturated carbocycles. The molecule has 3 N–H and O–H groups in total. The van der Waals surface area contributed by atoms with Crippen molar-refractivity contribution in [3.8, 4) is 11.5 Å². The lowest BCUT2D eigenvalue weighted by Crippen LogP contribution is -1.98. The van der Waals surface area contributed by atoms with Crippen LogP contribution in [0.4, 0.5) is 0 Å². The highest BCUT2D eigenvalue weighted by Crippen LogP contribution is 2.36. The summed E-state index contributed by atoms with van der Waals surface area (Å²) in [6.45, 7) is 0. The normalized spacial score (nSPS) is 10.8. The molecule has 0 spiro atoms. The number of nitrogens with one attached hydrogen (secondary N) is 1. The van der Waals surface area contributed by atoms with Gasteiger partial charge in [0, 0.05) is 11.6 Å². The first-order chi connectivity index (χ1) is 8.24. The highest BCUT2D eigenvalue weighted by Gasteiger charge is 2.09. The zero-order chi connectivity index (χ0) is 12.3. The molecule has 0 aliphatic rings. The number of amides is 1. The molecule has 0 aliphatic carbocycles. The SMILES string of the molecule is O=CNC=Cc1c(O)cc2ccccc2c1O. The van der Waals surface area contributed by atoms with Gasteiger partial charge in [-0.2, -0.15) is 0 Å². The van der Waals surface area contributed by atoms with Crippen molar-refractivity contribution in [3.05, 3.63) is 42.1 Å². The predicted octanol–water partition coefficient (Wildman–Crippen LogP) is 1.97. The fourth-order valence-corrected chi connectivity index (χ4v) is 1.67. The van der Waals surface area contributed by atoms with Crippen molar-refractivity contribution in [2.45, 2.75) is 0 Å². The predicted molar refractivity (Wildman–Crippen MR) is 65.5 cm³/mol. The Morgan fingerprint density at radius 1 is 1.18 bits per heavy atom. The number of carbonyl (C=O) groups is 1. The second-order valence-electron chi connectivity index (χ2n) is 3.50. The summed E-state index contributed by atoms with van der Waals surface area (Å²) in [5, 5.41) is 23.5. The van der Waals surface area contributed by atoms with E-state index < -0.39 is 0 Å². The molecule has 0 aliphatic heterocycles. The molecular weight excluding hydrogens is 218 g/mol. The number of carbonyl (C=O) groups excluding carboxylic acids is 1. The van der Waals surface area contributed by atoms with Gasteiger partial charge in [0.15, 0.2) is 0 Å². The molecular formula is C13H11NO3. The Labute approximate surface area is 97.8 Å². The van der Waals surface area contributed by atoms with Gasteiger partial charge in [0.25, 0.3) is 0 Å². The summed E-state index contributed by atoms with van der Waals surface area (Å²) in [4.78, 5) is 10.1. The molecule has 4 heteroatoms. The molecule has 0 heterocycles. The standard InChI is InChI=1S/C13H11NO3/c15-8-14-6-5-11-12(16)7-9-3-1-2-4-10(9)13(11)17/h1-8,16-17H,(H,14,15). The average molecular weight is 229 g/mol. The molecule has 0 atom stereocenters. The lowest BCUT2D eigenvalue weighted by molar-refractivity contribution is -0.108. The molecule has 2 rings (SSSR count). The number of rotatable bonds is 3. The van der Waals surface area contributed by atoms with Crippen molar-refractivity contribution >= 4 is 23.3 Å². The van der Waals surface area contributed by atoms with Gasteiger partial charge in [-0.3, -0.25) is 4.79 Å². The van der Waals surface area contributed by atoms with Crippen molar-refractivity contribution in [2.24, 2.45) is 0 Å². The minimum atomic E-state index is -0.0369. The Bertz CT molecular complexity index is 590. The molecule has 0 fully saturated rings. The van der Waals surface area contributed by atoms with Crippen LogP contribution in [-0.2, 0) is 4.79 Å². The first-order valence-corrected chi connectivity index (χ1v) is 5.04.